The molecule has 1 N–H and O–H groups in total. The lowest BCUT2D eigenvalue weighted by Crippen LogP contribution is -2.34. The van der Waals surface area contributed by atoms with Crippen LogP contribution in [0.2, 0.25) is 0 Å². The lowest BCUT2D eigenvalue weighted by Gasteiger charge is -2.21. The van der Waals surface area contributed by atoms with Crippen molar-refractivity contribution in [3.63, 3.8) is 0 Å². The third-order valence-corrected chi connectivity index (χ3v) is 4.26. The summed E-state index contributed by atoms with van der Waals surface area (Å²) < 4.78 is 2.15. The fourth-order valence-corrected chi connectivity index (χ4v) is 2.93. The van der Waals surface area contributed by atoms with Gasteiger partial charge in [-0.05, 0) is 25.5 Å². The smallest absolute Gasteiger partial charge is 0.322 e. The van der Waals surface area contributed by atoms with Gasteiger partial charge in [-0.1, -0.05) is 48.5 Å². The molecule has 4 heteroatoms. The Labute approximate surface area is 142 Å². The molecule has 0 fully saturated rings. The van der Waals surface area contributed by atoms with Crippen LogP contribution in [0.5, 0.6) is 0 Å². The van der Waals surface area contributed by atoms with Gasteiger partial charge in [0.2, 0.25) is 0 Å². The van der Waals surface area contributed by atoms with E-state index >= 15 is 0 Å². The van der Waals surface area contributed by atoms with Crippen molar-refractivity contribution in [1.82, 2.24) is 9.47 Å². The number of para-hydroxylation sites is 1. The Balaban J connectivity index is 1.81. The highest BCUT2D eigenvalue weighted by Crippen LogP contribution is 2.26. The zero-order chi connectivity index (χ0) is 16.9. The summed E-state index contributed by atoms with van der Waals surface area (Å²) >= 11 is 0. The highest BCUT2D eigenvalue weighted by Gasteiger charge is 2.15. The molecule has 2 amide bonds. The first-order valence-corrected chi connectivity index (χ1v) is 8.40. The fraction of sp³-hybridized carbons (Fsp3) is 0.250. The van der Waals surface area contributed by atoms with Crippen LogP contribution in [-0.4, -0.2) is 22.0 Å². The maximum absolute atomic E-state index is 12.7. The summed E-state index contributed by atoms with van der Waals surface area (Å²) in [6.45, 7) is 6.24. The molecule has 0 saturated heterocycles. The molecule has 0 bridgehead atoms. The van der Waals surface area contributed by atoms with Gasteiger partial charge in [0.1, 0.15) is 0 Å². The van der Waals surface area contributed by atoms with E-state index in [0.29, 0.717) is 13.1 Å². The van der Waals surface area contributed by atoms with Crippen LogP contribution in [0.3, 0.4) is 0 Å². The number of amides is 2. The van der Waals surface area contributed by atoms with Gasteiger partial charge >= 0.3 is 6.03 Å². The Morgan fingerprint density at radius 2 is 1.75 bits per heavy atom. The lowest BCUT2D eigenvalue weighted by molar-refractivity contribution is 0.212. The Hall–Kier alpha value is -2.75. The molecule has 0 atom stereocenters. The number of aryl methyl sites for hydroxylation is 1. The largest absolute Gasteiger partial charge is 0.346 e. The number of aromatic nitrogens is 1. The highest BCUT2D eigenvalue weighted by molar-refractivity contribution is 6.01. The van der Waals surface area contributed by atoms with Crippen LogP contribution >= 0.6 is 0 Å². The number of carbonyl (C=O) groups is 1. The first-order valence-electron chi connectivity index (χ1n) is 8.40. The van der Waals surface area contributed by atoms with Crippen LogP contribution in [0.25, 0.3) is 10.9 Å². The minimum atomic E-state index is -0.0691. The quantitative estimate of drug-likeness (QED) is 0.725. The molecule has 1 aromatic heterocycles. The van der Waals surface area contributed by atoms with Gasteiger partial charge in [-0.15, -0.1) is 0 Å². The molecule has 0 radical (unpaired) electrons. The third kappa shape index (κ3) is 3.27. The van der Waals surface area contributed by atoms with Crippen LogP contribution in [-0.2, 0) is 13.1 Å². The van der Waals surface area contributed by atoms with Crippen LogP contribution in [0.1, 0.15) is 19.4 Å². The van der Waals surface area contributed by atoms with Crippen LogP contribution in [0.4, 0.5) is 10.5 Å². The minimum absolute atomic E-state index is 0.0691. The van der Waals surface area contributed by atoms with Crippen molar-refractivity contribution in [1.29, 1.82) is 0 Å². The minimum Gasteiger partial charge on any atom is -0.346 e. The summed E-state index contributed by atoms with van der Waals surface area (Å²) in [5, 5.41) is 4.15. The number of carbonyl (C=O) groups excluding carboxylic acids is 1. The summed E-state index contributed by atoms with van der Waals surface area (Å²) in [7, 11) is 0. The molecular formula is C20H23N3O. The molecule has 0 unspecified atom stereocenters. The second-order valence-electron chi connectivity index (χ2n) is 5.78. The fourth-order valence-electron chi connectivity index (χ4n) is 2.93. The van der Waals surface area contributed by atoms with E-state index in [9.17, 15) is 4.79 Å². The Morgan fingerprint density at radius 3 is 2.46 bits per heavy atom. The zero-order valence-corrected chi connectivity index (χ0v) is 14.2. The van der Waals surface area contributed by atoms with Gasteiger partial charge in [-0.2, -0.15) is 0 Å². The summed E-state index contributed by atoms with van der Waals surface area (Å²) in [4.78, 5) is 14.5. The lowest BCUT2D eigenvalue weighted by atomic mass is 10.2. The Morgan fingerprint density at radius 1 is 1.04 bits per heavy atom. The molecule has 1 heterocycles. The number of urea groups is 1. The van der Waals surface area contributed by atoms with Crippen molar-refractivity contribution in [2.45, 2.75) is 26.9 Å². The molecule has 0 aliphatic rings. The SMILES string of the molecule is CCN(Cc1ccccc1)C(=O)Nc1cn(CC)c2ccccc12. The van der Waals surface area contributed by atoms with Crippen molar-refractivity contribution in [3.05, 3.63) is 66.4 Å². The van der Waals surface area contributed by atoms with E-state index in [4.69, 9.17) is 0 Å². The Kier molecular flexibility index (Phi) is 4.85. The average Bonchev–Trinajstić information content (AvgIpc) is 2.98. The molecule has 0 saturated carbocycles. The molecule has 124 valence electrons. The monoisotopic (exact) mass is 321 g/mol. The number of rotatable bonds is 5. The number of benzene rings is 2. The van der Waals surface area contributed by atoms with Gasteiger partial charge < -0.3 is 14.8 Å². The van der Waals surface area contributed by atoms with E-state index in [2.05, 4.69) is 22.9 Å². The Bertz CT molecular complexity index is 823. The van der Waals surface area contributed by atoms with Gasteiger partial charge in [-0.3, -0.25) is 0 Å². The van der Waals surface area contributed by atoms with Gasteiger partial charge in [-0.25, -0.2) is 4.79 Å². The number of hydrogen-bond donors (Lipinski definition) is 1. The number of fused-ring (bicyclic) bond motifs is 1. The molecule has 3 aromatic rings. The number of anilines is 1. The predicted octanol–water partition coefficient (Wildman–Crippen LogP) is 4.72. The van der Waals surface area contributed by atoms with E-state index < -0.39 is 0 Å². The normalized spacial score (nSPS) is 10.8. The van der Waals surface area contributed by atoms with E-state index in [1.54, 1.807) is 0 Å². The van der Waals surface area contributed by atoms with E-state index in [0.717, 1.165) is 28.7 Å². The molecule has 4 nitrogen and oxygen atoms in total. The van der Waals surface area contributed by atoms with Crippen molar-refractivity contribution in [3.8, 4) is 0 Å². The molecule has 0 aliphatic carbocycles. The first kappa shape index (κ1) is 16.1. The van der Waals surface area contributed by atoms with Crippen LogP contribution < -0.4 is 5.32 Å². The van der Waals surface area contributed by atoms with Crippen molar-refractivity contribution < 1.29 is 4.79 Å². The standard InChI is InChI=1S/C20H23N3O/c1-3-22-15-18(17-12-8-9-13-19(17)22)21-20(24)23(4-2)14-16-10-6-5-7-11-16/h5-13,15H,3-4,14H2,1-2H3,(H,21,24). The highest BCUT2D eigenvalue weighted by atomic mass is 16.2. The summed E-state index contributed by atoms with van der Waals surface area (Å²) in [5.41, 5.74) is 3.14. The third-order valence-electron chi connectivity index (χ3n) is 4.26. The van der Waals surface area contributed by atoms with Crippen LogP contribution in [0.15, 0.2) is 60.8 Å². The number of nitrogens with one attached hydrogen (secondary N) is 1. The molecule has 0 spiro atoms. The van der Waals surface area contributed by atoms with Gasteiger partial charge in [0.05, 0.1) is 11.2 Å². The zero-order valence-electron chi connectivity index (χ0n) is 14.2. The maximum Gasteiger partial charge on any atom is 0.322 e. The van der Waals surface area contributed by atoms with E-state index in [1.807, 2.05) is 66.6 Å². The van der Waals surface area contributed by atoms with Crippen molar-refractivity contribution in [2.24, 2.45) is 0 Å². The van der Waals surface area contributed by atoms with Crippen molar-refractivity contribution >= 4 is 22.6 Å². The number of hydrogen-bond acceptors (Lipinski definition) is 1. The molecule has 2 aromatic carbocycles. The summed E-state index contributed by atoms with van der Waals surface area (Å²) in [6, 6.07) is 18.1. The van der Waals surface area contributed by atoms with E-state index in [1.165, 1.54) is 0 Å². The van der Waals surface area contributed by atoms with Gasteiger partial charge in [0.25, 0.3) is 0 Å². The molecule has 3 rings (SSSR count). The maximum atomic E-state index is 12.7. The second kappa shape index (κ2) is 7.21. The average molecular weight is 321 g/mol. The number of nitrogens with zero attached hydrogens (tertiary/aromatic N) is 2. The summed E-state index contributed by atoms with van der Waals surface area (Å²) in [5.74, 6) is 0. The van der Waals surface area contributed by atoms with Gasteiger partial charge in [0, 0.05) is 31.2 Å². The molecule has 0 aliphatic heterocycles. The predicted molar refractivity (Wildman–Crippen MR) is 99.2 cm³/mol. The molecule has 24 heavy (non-hydrogen) atoms. The topological polar surface area (TPSA) is 37.3 Å². The molecular weight excluding hydrogens is 298 g/mol. The summed E-state index contributed by atoms with van der Waals surface area (Å²) in [6.07, 6.45) is 2.01. The van der Waals surface area contributed by atoms with Crippen LogP contribution in [0, 0.1) is 0 Å². The first-order chi connectivity index (χ1) is 11.7. The van der Waals surface area contributed by atoms with E-state index in [-0.39, 0.29) is 6.03 Å². The second-order valence-corrected chi connectivity index (χ2v) is 5.78. The van der Waals surface area contributed by atoms with Gasteiger partial charge in [0.15, 0.2) is 0 Å². The van der Waals surface area contributed by atoms with Crippen molar-refractivity contribution in [2.75, 3.05) is 11.9 Å².